The minimum absolute atomic E-state index is 0.176. The predicted molar refractivity (Wildman–Crippen MR) is 51.3 cm³/mol. The lowest BCUT2D eigenvalue weighted by molar-refractivity contribution is -0.132. The molecule has 0 aliphatic carbocycles. The van der Waals surface area contributed by atoms with Crippen LogP contribution in [0.4, 0.5) is 4.79 Å². The van der Waals surface area contributed by atoms with Gasteiger partial charge in [0.1, 0.15) is 0 Å². The summed E-state index contributed by atoms with van der Waals surface area (Å²) in [5.41, 5.74) is 0.176. The molecule has 1 fully saturated rings. The number of hydrogen-bond donors (Lipinski definition) is 2. The molecular weight excluding hydrogens is 186 g/mol. The van der Waals surface area contributed by atoms with Crippen LogP contribution in [0.1, 0.15) is 19.8 Å². The Bertz CT molecular complexity index is 219. The second-order valence-corrected chi connectivity index (χ2v) is 3.06. The molecule has 1 amide bonds. The smallest absolute Gasteiger partial charge is 0.407 e. The normalized spacial score (nSPS) is 14.2. The van der Waals surface area contributed by atoms with E-state index in [1.165, 1.54) is 11.8 Å². The van der Waals surface area contributed by atoms with Gasteiger partial charge in [0.2, 0.25) is 0 Å². The van der Waals surface area contributed by atoms with E-state index in [2.05, 4.69) is 6.58 Å². The van der Waals surface area contributed by atoms with Gasteiger partial charge in [0, 0.05) is 18.7 Å². The van der Waals surface area contributed by atoms with Crippen LogP contribution in [0.5, 0.6) is 0 Å². The molecule has 1 heterocycles. The van der Waals surface area contributed by atoms with E-state index in [0.717, 1.165) is 25.9 Å². The fourth-order valence-electron chi connectivity index (χ4n) is 0.908. The summed E-state index contributed by atoms with van der Waals surface area (Å²) >= 11 is 0. The summed E-state index contributed by atoms with van der Waals surface area (Å²) in [7, 11) is 0. The molecule has 5 heteroatoms. The lowest BCUT2D eigenvalue weighted by atomic mass is 10.4. The quantitative estimate of drug-likeness (QED) is 0.629. The lowest BCUT2D eigenvalue weighted by Crippen LogP contribution is -2.25. The van der Waals surface area contributed by atoms with E-state index in [0.29, 0.717) is 0 Å². The van der Waals surface area contributed by atoms with E-state index in [4.69, 9.17) is 10.2 Å². The summed E-state index contributed by atoms with van der Waals surface area (Å²) in [6.45, 7) is 6.06. The van der Waals surface area contributed by atoms with Crippen molar-refractivity contribution in [2.24, 2.45) is 0 Å². The number of nitrogens with zero attached hydrogens (tertiary/aromatic N) is 1. The average Bonchev–Trinajstić information content (AvgIpc) is 2.56. The fourth-order valence-corrected chi connectivity index (χ4v) is 0.908. The van der Waals surface area contributed by atoms with Gasteiger partial charge in [0.05, 0.1) is 0 Å². The lowest BCUT2D eigenvalue weighted by Gasteiger charge is -2.07. The molecular formula is C9H15NO4. The SMILES string of the molecule is C=C(C)C(=O)O.O=C(O)N1CCCC1. The third-order valence-corrected chi connectivity index (χ3v) is 1.74. The molecule has 0 bridgehead atoms. The third kappa shape index (κ3) is 5.18. The first-order valence-electron chi connectivity index (χ1n) is 4.32. The minimum Gasteiger partial charge on any atom is -0.478 e. The van der Waals surface area contributed by atoms with E-state index in [1.807, 2.05) is 0 Å². The number of likely N-dealkylation sites (tertiary alicyclic amines) is 1. The molecule has 5 nitrogen and oxygen atoms in total. The Hall–Kier alpha value is -1.52. The minimum atomic E-state index is -0.935. The van der Waals surface area contributed by atoms with Gasteiger partial charge in [-0.2, -0.15) is 0 Å². The maximum Gasteiger partial charge on any atom is 0.407 e. The first-order chi connectivity index (χ1) is 6.45. The Morgan fingerprint density at radius 2 is 1.57 bits per heavy atom. The predicted octanol–water partition coefficient (Wildman–Crippen LogP) is 1.41. The van der Waals surface area contributed by atoms with Crippen molar-refractivity contribution in [2.75, 3.05) is 13.1 Å². The molecule has 0 aromatic carbocycles. The van der Waals surface area contributed by atoms with Crippen molar-refractivity contribution in [3.05, 3.63) is 12.2 Å². The van der Waals surface area contributed by atoms with Gasteiger partial charge in [-0.3, -0.25) is 0 Å². The molecule has 0 unspecified atom stereocenters. The molecule has 1 aliphatic heterocycles. The highest BCUT2D eigenvalue weighted by Gasteiger charge is 2.15. The second kappa shape index (κ2) is 6.01. The van der Waals surface area contributed by atoms with Crippen LogP contribution in [-0.2, 0) is 4.79 Å². The first-order valence-corrected chi connectivity index (χ1v) is 4.32. The summed E-state index contributed by atoms with van der Waals surface area (Å²) in [5, 5.41) is 16.2. The topological polar surface area (TPSA) is 77.8 Å². The largest absolute Gasteiger partial charge is 0.478 e. The maximum absolute atomic E-state index is 10.1. The van der Waals surface area contributed by atoms with Gasteiger partial charge >= 0.3 is 12.1 Å². The van der Waals surface area contributed by atoms with Crippen LogP contribution in [0.2, 0.25) is 0 Å². The number of carboxylic acid groups (broad SMARTS) is 2. The molecule has 80 valence electrons. The molecule has 1 aliphatic rings. The highest BCUT2D eigenvalue weighted by atomic mass is 16.4. The first kappa shape index (κ1) is 12.5. The molecule has 0 aromatic heterocycles. The number of carbonyl (C=O) groups is 2. The van der Waals surface area contributed by atoms with Crippen molar-refractivity contribution >= 4 is 12.1 Å². The Morgan fingerprint density at radius 3 is 1.71 bits per heavy atom. The van der Waals surface area contributed by atoms with Crippen LogP contribution in [0.25, 0.3) is 0 Å². The van der Waals surface area contributed by atoms with Gasteiger partial charge < -0.3 is 15.1 Å². The van der Waals surface area contributed by atoms with Crippen molar-refractivity contribution in [2.45, 2.75) is 19.8 Å². The highest BCUT2D eigenvalue weighted by molar-refractivity contribution is 5.84. The van der Waals surface area contributed by atoms with Gasteiger partial charge in [0.15, 0.2) is 0 Å². The van der Waals surface area contributed by atoms with Crippen molar-refractivity contribution in [3.8, 4) is 0 Å². The highest BCUT2D eigenvalue weighted by Crippen LogP contribution is 2.05. The van der Waals surface area contributed by atoms with Crippen LogP contribution in [0.3, 0.4) is 0 Å². The Balaban J connectivity index is 0.000000255. The summed E-state index contributed by atoms with van der Waals surface area (Å²) in [4.78, 5) is 21.2. The van der Waals surface area contributed by atoms with Crippen molar-refractivity contribution < 1.29 is 19.8 Å². The van der Waals surface area contributed by atoms with Crippen LogP contribution < -0.4 is 0 Å². The summed E-state index contributed by atoms with van der Waals surface area (Å²) in [6.07, 6.45) is 1.29. The summed E-state index contributed by atoms with van der Waals surface area (Å²) < 4.78 is 0. The van der Waals surface area contributed by atoms with E-state index in [9.17, 15) is 9.59 Å². The average molecular weight is 201 g/mol. The van der Waals surface area contributed by atoms with Gasteiger partial charge in [-0.15, -0.1) is 0 Å². The van der Waals surface area contributed by atoms with Gasteiger partial charge in [-0.25, -0.2) is 9.59 Å². The van der Waals surface area contributed by atoms with Crippen LogP contribution in [0.15, 0.2) is 12.2 Å². The fraction of sp³-hybridized carbons (Fsp3) is 0.556. The van der Waals surface area contributed by atoms with E-state index in [1.54, 1.807) is 0 Å². The van der Waals surface area contributed by atoms with Crippen LogP contribution in [-0.4, -0.2) is 40.3 Å². The Morgan fingerprint density at radius 1 is 1.21 bits per heavy atom. The van der Waals surface area contributed by atoms with Crippen LogP contribution in [0, 0.1) is 0 Å². The molecule has 0 aromatic rings. The number of hydrogen-bond acceptors (Lipinski definition) is 2. The van der Waals surface area contributed by atoms with Crippen LogP contribution >= 0.6 is 0 Å². The van der Waals surface area contributed by atoms with Crippen molar-refractivity contribution in [1.82, 2.24) is 4.90 Å². The molecule has 0 atom stereocenters. The van der Waals surface area contributed by atoms with E-state index >= 15 is 0 Å². The van der Waals surface area contributed by atoms with E-state index < -0.39 is 12.1 Å². The summed E-state index contributed by atoms with van der Waals surface area (Å²) in [6, 6.07) is 0. The second-order valence-electron chi connectivity index (χ2n) is 3.06. The maximum atomic E-state index is 10.1. The molecule has 0 saturated carbocycles. The Kier molecular flexibility index (Phi) is 5.36. The monoisotopic (exact) mass is 201 g/mol. The number of aliphatic carboxylic acids is 1. The standard InChI is InChI=1S/C5H9NO2.C4H6O2/c7-5(8)6-3-1-2-4-6;1-3(2)4(5)6/h1-4H2,(H,7,8);1H2,2H3,(H,5,6). The molecule has 0 radical (unpaired) electrons. The molecule has 1 rings (SSSR count). The van der Waals surface area contributed by atoms with Gasteiger partial charge in [-0.1, -0.05) is 6.58 Å². The third-order valence-electron chi connectivity index (χ3n) is 1.74. The van der Waals surface area contributed by atoms with Crippen molar-refractivity contribution in [3.63, 3.8) is 0 Å². The molecule has 1 saturated heterocycles. The zero-order valence-electron chi connectivity index (χ0n) is 8.19. The van der Waals surface area contributed by atoms with Gasteiger partial charge in [0.25, 0.3) is 0 Å². The molecule has 0 spiro atoms. The van der Waals surface area contributed by atoms with Crippen molar-refractivity contribution in [1.29, 1.82) is 0 Å². The zero-order chi connectivity index (χ0) is 11.1. The van der Waals surface area contributed by atoms with E-state index in [-0.39, 0.29) is 5.57 Å². The zero-order valence-corrected chi connectivity index (χ0v) is 8.19. The molecule has 14 heavy (non-hydrogen) atoms. The number of amides is 1. The Labute approximate surface area is 82.6 Å². The molecule has 2 N–H and O–H groups in total. The number of carboxylic acids is 1. The summed E-state index contributed by atoms with van der Waals surface area (Å²) in [5.74, 6) is -0.935. The van der Waals surface area contributed by atoms with Gasteiger partial charge in [-0.05, 0) is 19.8 Å². The number of rotatable bonds is 1.